The molecule has 3 nitrogen and oxygen atoms in total. The lowest BCUT2D eigenvalue weighted by atomic mass is 10.0. The fraction of sp³-hybridized carbons (Fsp3) is 0.857. The van der Waals surface area contributed by atoms with E-state index < -0.39 is 0 Å². The molecule has 0 unspecified atom stereocenters. The standard InChI is InChI=1S/C14H27N3/c1-12(2)7-5-6-8-14-11-15-16-17(14)10-9-13(3)4/h11-13H,5-10H2,1-4H3. The number of aromatic nitrogens is 3. The van der Waals surface area contributed by atoms with Crippen molar-refractivity contribution in [3.8, 4) is 0 Å². The molecule has 1 aromatic rings. The van der Waals surface area contributed by atoms with Crippen LogP contribution in [0.2, 0.25) is 0 Å². The van der Waals surface area contributed by atoms with Crippen molar-refractivity contribution in [2.45, 2.75) is 66.3 Å². The van der Waals surface area contributed by atoms with Gasteiger partial charge in [0.15, 0.2) is 0 Å². The van der Waals surface area contributed by atoms with Crippen LogP contribution in [-0.2, 0) is 13.0 Å². The first-order valence-electron chi connectivity index (χ1n) is 6.97. The van der Waals surface area contributed by atoms with Crippen LogP contribution in [0.5, 0.6) is 0 Å². The summed E-state index contributed by atoms with van der Waals surface area (Å²) in [6.07, 6.45) is 8.13. The maximum atomic E-state index is 4.17. The van der Waals surface area contributed by atoms with Crippen LogP contribution in [0.25, 0.3) is 0 Å². The molecule has 0 amide bonds. The SMILES string of the molecule is CC(C)CCCCc1cnnn1CCC(C)C. The van der Waals surface area contributed by atoms with Gasteiger partial charge in [-0.05, 0) is 31.1 Å². The Hall–Kier alpha value is -0.860. The van der Waals surface area contributed by atoms with E-state index in [0.717, 1.165) is 24.8 Å². The molecule has 0 aliphatic heterocycles. The summed E-state index contributed by atoms with van der Waals surface area (Å²) in [6, 6.07) is 0. The number of hydrogen-bond donors (Lipinski definition) is 0. The summed E-state index contributed by atoms with van der Waals surface area (Å²) in [5.74, 6) is 1.55. The van der Waals surface area contributed by atoms with E-state index in [1.807, 2.05) is 6.20 Å². The molecular weight excluding hydrogens is 210 g/mol. The van der Waals surface area contributed by atoms with Crippen molar-refractivity contribution in [2.24, 2.45) is 11.8 Å². The van der Waals surface area contributed by atoms with Crippen molar-refractivity contribution in [3.05, 3.63) is 11.9 Å². The Morgan fingerprint density at radius 1 is 1.06 bits per heavy atom. The maximum absolute atomic E-state index is 4.17. The van der Waals surface area contributed by atoms with E-state index in [1.165, 1.54) is 31.4 Å². The van der Waals surface area contributed by atoms with Gasteiger partial charge in [0, 0.05) is 6.54 Å². The second kappa shape index (κ2) is 7.46. The first kappa shape index (κ1) is 14.2. The summed E-state index contributed by atoms with van der Waals surface area (Å²) in [6.45, 7) is 10.1. The Morgan fingerprint density at radius 2 is 1.76 bits per heavy atom. The average molecular weight is 237 g/mol. The van der Waals surface area contributed by atoms with E-state index in [2.05, 4.69) is 42.7 Å². The molecule has 0 radical (unpaired) electrons. The van der Waals surface area contributed by atoms with E-state index in [9.17, 15) is 0 Å². The lowest BCUT2D eigenvalue weighted by Gasteiger charge is -2.08. The molecule has 1 heterocycles. The minimum atomic E-state index is 0.730. The fourth-order valence-corrected chi connectivity index (χ4v) is 1.90. The molecule has 0 N–H and O–H groups in total. The van der Waals surface area contributed by atoms with Crippen LogP contribution < -0.4 is 0 Å². The zero-order valence-corrected chi connectivity index (χ0v) is 11.8. The molecule has 0 aliphatic carbocycles. The first-order valence-corrected chi connectivity index (χ1v) is 6.97. The molecule has 0 saturated carbocycles. The molecule has 17 heavy (non-hydrogen) atoms. The third-order valence-electron chi connectivity index (χ3n) is 3.08. The second-order valence-corrected chi connectivity index (χ2v) is 5.77. The maximum Gasteiger partial charge on any atom is 0.0725 e. The van der Waals surface area contributed by atoms with Crippen molar-refractivity contribution in [1.82, 2.24) is 15.0 Å². The number of nitrogens with zero attached hydrogens (tertiary/aromatic N) is 3. The van der Waals surface area contributed by atoms with Crippen molar-refractivity contribution in [3.63, 3.8) is 0 Å². The van der Waals surface area contributed by atoms with Gasteiger partial charge in [0.25, 0.3) is 0 Å². The Kier molecular flexibility index (Phi) is 6.23. The van der Waals surface area contributed by atoms with Gasteiger partial charge in [0.2, 0.25) is 0 Å². The number of aryl methyl sites for hydroxylation is 2. The lowest BCUT2D eigenvalue weighted by molar-refractivity contribution is 0.461. The van der Waals surface area contributed by atoms with Crippen LogP contribution in [-0.4, -0.2) is 15.0 Å². The van der Waals surface area contributed by atoms with E-state index in [0.29, 0.717) is 0 Å². The number of hydrogen-bond acceptors (Lipinski definition) is 2. The molecule has 98 valence electrons. The summed E-state index contributed by atoms with van der Waals surface area (Å²) < 4.78 is 2.08. The second-order valence-electron chi connectivity index (χ2n) is 5.77. The Morgan fingerprint density at radius 3 is 2.41 bits per heavy atom. The van der Waals surface area contributed by atoms with E-state index in [1.54, 1.807) is 0 Å². The van der Waals surface area contributed by atoms with E-state index in [4.69, 9.17) is 0 Å². The summed E-state index contributed by atoms with van der Waals surface area (Å²) in [5, 5.41) is 8.20. The molecule has 3 heteroatoms. The molecule has 0 spiro atoms. The van der Waals surface area contributed by atoms with Crippen molar-refractivity contribution >= 4 is 0 Å². The highest BCUT2D eigenvalue weighted by Crippen LogP contribution is 2.11. The van der Waals surface area contributed by atoms with Gasteiger partial charge in [-0.25, -0.2) is 4.68 Å². The van der Waals surface area contributed by atoms with E-state index >= 15 is 0 Å². The van der Waals surface area contributed by atoms with Crippen LogP contribution >= 0.6 is 0 Å². The molecule has 0 aliphatic rings. The molecule has 1 aromatic heterocycles. The zero-order chi connectivity index (χ0) is 12.7. The summed E-state index contributed by atoms with van der Waals surface area (Å²) in [4.78, 5) is 0. The van der Waals surface area contributed by atoms with Gasteiger partial charge in [-0.15, -0.1) is 5.10 Å². The van der Waals surface area contributed by atoms with Gasteiger partial charge in [-0.2, -0.15) is 0 Å². The predicted octanol–water partition coefficient (Wildman–Crippen LogP) is 3.69. The van der Waals surface area contributed by atoms with Gasteiger partial charge in [0.05, 0.1) is 11.9 Å². The van der Waals surface area contributed by atoms with Gasteiger partial charge in [0.1, 0.15) is 0 Å². The Labute approximate surface area is 106 Å². The van der Waals surface area contributed by atoms with Crippen LogP contribution in [0.15, 0.2) is 6.20 Å². The summed E-state index contributed by atoms with van der Waals surface area (Å²) in [5.41, 5.74) is 1.30. The fourth-order valence-electron chi connectivity index (χ4n) is 1.90. The third kappa shape index (κ3) is 5.85. The summed E-state index contributed by atoms with van der Waals surface area (Å²) in [7, 11) is 0. The van der Waals surface area contributed by atoms with Crippen molar-refractivity contribution in [1.29, 1.82) is 0 Å². The average Bonchev–Trinajstić information content (AvgIpc) is 2.68. The Balaban J connectivity index is 2.30. The first-order chi connectivity index (χ1) is 8.09. The lowest BCUT2D eigenvalue weighted by Crippen LogP contribution is -2.07. The van der Waals surface area contributed by atoms with Crippen LogP contribution in [0, 0.1) is 11.8 Å². The van der Waals surface area contributed by atoms with Crippen LogP contribution in [0.4, 0.5) is 0 Å². The molecule has 0 saturated heterocycles. The highest BCUT2D eigenvalue weighted by Gasteiger charge is 2.05. The Bertz CT molecular complexity index is 302. The predicted molar refractivity (Wildman–Crippen MR) is 71.9 cm³/mol. The molecule has 0 atom stereocenters. The quantitative estimate of drug-likeness (QED) is 0.646. The smallest absolute Gasteiger partial charge is 0.0725 e. The summed E-state index contributed by atoms with van der Waals surface area (Å²) >= 11 is 0. The monoisotopic (exact) mass is 237 g/mol. The molecule has 0 bridgehead atoms. The van der Waals surface area contributed by atoms with Gasteiger partial charge in [-0.3, -0.25) is 0 Å². The largest absolute Gasteiger partial charge is 0.249 e. The molecular formula is C14H27N3. The normalized spacial score (nSPS) is 11.6. The van der Waals surface area contributed by atoms with Gasteiger partial charge >= 0.3 is 0 Å². The highest BCUT2D eigenvalue weighted by molar-refractivity contribution is 4.93. The number of rotatable bonds is 8. The minimum absolute atomic E-state index is 0.730. The topological polar surface area (TPSA) is 30.7 Å². The van der Waals surface area contributed by atoms with E-state index in [-0.39, 0.29) is 0 Å². The van der Waals surface area contributed by atoms with Gasteiger partial charge < -0.3 is 0 Å². The van der Waals surface area contributed by atoms with Crippen molar-refractivity contribution in [2.75, 3.05) is 0 Å². The molecule has 1 rings (SSSR count). The molecule has 0 fully saturated rings. The van der Waals surface area contributed by atoms with Crippen LogP contribution in [0.1, 0.15) is 59.1 Å². The van der Waals surface area contributed by atoms with Crippen LogP contribution in [0.3, 0.4) is 0 Å². The van der Waals surface area contributed by atoms with Crippen molar-refractivity contribution < 1.29 is 0 Å². The number of unbranched alkanes of at least 4 members (excludes halogenated alkanes) is 1. The molecule has 0 aromatic carbocycles. The van der Waals surface area contributed by atoms with Gasteiger partial charge in [-0.1, -0.05) is 45.7 Å². The zero-order valence-electron chi connectivity index (χ0n) is 11.8. The minimum Gasteiger partial charge on any atom is -0.249 e. The third-order valence-corrected chi connectivity index (χ3v) is 3.08. The highest BCUT2D eigenvalue weighted by atomic mass is 15.4.